The molecule has 0 bridgehead atoms. The zero-order valence-electron chi connectivity index (χ0n) is 9.82. The molecule has 1 aromatic rings. The van der Waals surface area contributed by atoms with Crippen molar-refractivity contribution in [2.24, 2.45) is 5.73 Å². The van der Waals surface area contributed by atoms with Crippen molar-refractivity contribution in [3.63, 3.8) is 0 Å². The SMILES string of the molecule is NCCCc1cccc(OCCCC(=O)I)c1. The Morgan fingerprint density at radius 1 is 1.35 bits per heavy atom. The summed E-state index contributed by atoms with van der Waals surface area (Å²) in [6, 6.07) is 8.06. The summed E-state index contributed by atoms with van der Waals surface area (Å²) in [6.45, 7) is 1.30. The van der Waals surface area contributed by atoms with Crippen LogP contribution >= 0.6 is 22.6 Å². The molecular formula is C13H18INO2. The van der Waals surface area contributed by atoms with Gasteiger partial charge in [-0.3, -0.25) is 4.79 Å². The molecule has 17 heavy (non-hydrogen) atoms. The summed E-state index contributed by atoms with van der Waals surface area (Å²) in [5, 5.41) is 0. The average Bonchev–Trinajstić information content (AvgIpc) is 2.32. The van der Waals surface area contributed by atoms with E-state index in [0.717, 1.165) is 25.0 Å². The number of halogens is 1. The van der Waals surface area contributed by atoms with E-state index in [-0.39, 0.29) is 3.79 Å². The van der Waals surface area contributed by atoms with E-state index in [1.165, 1.54) is 5.56 Å². The number of ether oxygens (including phenoxy) is 1. The van der Waals surface area contributed by atoms with Crippen LogP contribution in [0.1, 0.15) is 24.8 Å². The van der Waals surface area contributed by atoms with E-state index in [4.69, 9.17) is 10.5 Å². The fraction of sp³-hybridized carbons (Fsp3) is 0.462. The Morgan fingerprint density at radius 3 is 2.88 bits per heavy atom. The van der Waals surface area contributed by atoms with Crippen molar-refractivity contribution in [3.8, 4) is 5.75 Å². The highest BCUT2D eigenvalue weighted by atomic mass is 127. The van der Waals surface area contributed by atoms with Gasteiger partial charge in [-0.1, -0.05) is 12.1 Å². The number of carbonyl (C=O) groups is 1. The Hall–Kier alpha value is -0.620. The smallest absolute Gasteiger partial charge is 0.192 e. The first-order valence-corrected chi connectivity index (χ1v) is 6.90. The molecule has 0 aliphatic rings. The van der Waals surface area contributed by atoms with Crippen molar-refractivity contribution in [1.82, 2.24) is 0 Å². The van der Waals surface area contributed by atoms with Crippen molar-refractivity contribution in [1.29, 1.82) is 0 Å². The monoisotopic (exact) mass is 347 g/mol. The third kappa shape index (κ3) is 6.63. The molecule has 0 aliphatic carbocycles. The van der Waals surface area contributed by atoms with Gasteiger partial charge in [-0.05, 0) is 66.1 Å². The van der Waals surface area contributed by atoms with Gasteiger partial charge in [-0.15, -0.1) is 0 Å². The second-order valence-electron chi connectivity index (χ2n) is 3.85. The topological polar surface area (TPSA) is 52.3 Å². The Labute approximate surface area is 116 Å². The molecule has 0 spiro atoms. The van der Waals surface area contributed by atoms with Crippen LogP contribution in [0.3, 0.4) is 0 Å². The van der Waals surface area contributed by atoms with Gasteiger partial charge in [-0.2, -0.15) is 0 Å². The molecule has 0 amide bonds. The number of carbonyl (C=O) groups excluding carboxylic acids is 1. The third-order valence-corrected chi connectivity index (χ3v) is 2.89. The van der Waals surface area contributed by atoms with E-state index in [0.29, 0.717) is 19.6 Å². The maximum absolute atomic E-state index is 10.7. The van der Waals surface area contributed by atoms with Crippen LogP contribution in [-0.4, -0.2) is 16.9 Å². The maximum atomic E-state index is 10.7. The van der Waals surface area contributed by atoms with Gasteiger partial charge in [0, 0.05) is 6.42 Å². The van der Waals surface area contributed by atoms with Crippen LogP contribution in [0.15, 0.2) is 24.3 Å². The second-order valence-corrected chi connectivity index (χ2v) is 5.05. The van der Waals surface area contributed by atoms with Crippen molar-refractivity contribution < 1.29 is 9.53 Å². The van der Waals surface area contributed by atoms with Gasteiger partial charge in [0.05, 0.1) is 6.61 Å². The maximum Gasteiger partial charge on any atom is 0.192 e. The number of hydrogen-bond acceptors (Lipinski definition) is 3. The molecule has 0 saturated heterocycles. The van der Waals surface area contributed by atoms with Crippen molar-refractivity contribution in [2.75, 3.05) is 13.2 Å². The van der Waals surface area contributed by atoms with E-state index in [9.17, 15) is 4.79 Å². The first kappa shape index (κ1) is 14.4. The summed E-state index contributed by atoms with van der Waals surface area (Å²) >= 11 is 1.81. The molecule has 0 fully saturated rings. The summed E-state index contributed by atoms with van der Waals surface area (Å²) in [6.07, 6.45) is 3.33. The average molecular weight is 347 g/mol. The molecule has 4 heteroatoms. The molecule has 0 atom stereocenters. The largest absolute Gasteiger partial charge is 0.494 e. The van der Waals surface area contributed by atoms with Crippen molar-refractivity contribution >= 4 is 26.4 Å². The van der Waals surface area contributed by atoms with E-state index in [2.05, 4.69) is 6.07 Å². The Bertz CT molecular complexity index is 355. The predicted octanol–water partition coefficient (Wildman–Crippen LogP) is 2.70. The molecule has 0 radical (unpaired) electrons. The minimum Gasteiger partial charge on any atom is -0.494 e. The van der Waals surface area contributed by atoms with Gasteiger partial charge < -0.3 is 10.5 Å². The molecule has 0 unspecified atom stereocenters. The zero-order chi connectivity index (χ0) is 12.5. The second kappa shape index (κ2) is 8.47. The van der Waals surface area contributed by atoms with E-state index < -0.39 is 0 Å². The normalized spacial score (nSPS) is 10.2. The zero-order valence-corrected chi connectivity index (χ0v) is 12.0. The summed E-state index contributed by atoms with van der Waals surface area (Å²) in [5.74, 6) is 0.875. The molecule has 0 aromatic heterocycles. The quantitative estimate of drug-likeness (QED) is 0.447. The Kier molecular flexibility index (Phi) is 7.19. The number of rotatable bonds is 8. The Balaban J connectivity index is 2.34. The van der Waals surface area contributed by atoms with Crippen LogP contribution in [0, 0.1) is 0 Å². The molecule has 1 rings (SSSR count). The van der Waals surface area contributed by atoms with Gasteiger partial charge in [0.15, 0.2) is 3.79 Å². The highest BCUT2D eigenvalue weighted by Crippen LogP contribution is 2.15. The minimum atomic E-state index is 0.183. The lowest BCUT2D eigenvalue weighted by molar-refractivity contribution is -0.109. The third-order valence-electron chi connectivity index (χ3n) is 2.35. The standard InChI is InChI=1S/C13H18INO2/c14-13(16)7-3-9-17-12-6-1-4-11(10-12)5-2-8-15/h1,4,6,10H,2-3,5,7-9,15H2. The summed E-state index contributed by atoms with van der Waals surface area (Å²) in [5.41, 5.74) is 6.73. The lowest BCUT2D eigenvalue weighted by atomic mass is 10.1. The van der Waals surface area contributed by atoms with Gasteiger partial charge in [0.1, 0.15) is 5.75 Å². The summed E-state index contributed by atoms with van der Waals surface area (Å²) < 4.78 is 5.77. The number of hydrogen-bond donors (Lipinski definition) is 1. The minimum absolute atomic E-state index is 0.183. The highest BCUT2D eigenvalue weighted by molar-refractivity contribution is 14.1. The first-order chi connectivity index (χ1) is 8.22. The van der Waals surface area contributed by atoms with Gasteiger partial charge in [0.25, 0.3) is 0 Å². The molecule has 0 heterocycles. The molecule has 0 saturated carbocycles. The van der Waals surface area contributed by atoms with Crippen LogP contribution in [-0.2, 0) is 11.2 Å². The molecular weight excluding hydrogens is 329 g/mol. The molecule has 3 nitrogen and oxygen atoms in total. The summed E-state index contributed by atoms with van der Waals surface area (Å²) in [4.78, 5) is 10.7. The fourth-order valence-corrected chi connectivity index (χ4v) is 1.88. The number of benzene rings is 1. The molecule has 1 aromatic carbocycles. The fourth-order valence-electron chi connectivity index (χ4n) is 1.50. The lowest BCUT2D eigenvalue weighted by Crippen LogP contribution is -2.01. The lowest BCUT2D eigenvalue weighted by Gasteiger charge is -2.07. The first-order valence-electron chi connectivity index (χ1n) is 5.82. The number of nitrogens with two attached hydrogens (primary N) is 1. The van der Waals surface area contributed by atoms with Crippen molar-refractivity contribution in [3.05, 3.63) is 29.8 Å². The van der Waals surface area contributed by atoms with Gasteiger partial charge in [-0.25, -0.2) is 0 Å². The van der Waals surface area contributed by atoms with Crippen LogP contribution in [0.4, 0.5) is 0 Å². The predicted molar refractivity (Wildman–Crippen MR) is 77.6 cm³/mol. The van der Waals surface area contributed by atoms with Crippen LogP contribution < -0.4 is 10.5 Å². The van der Waals surface area contributed by atoms with E-state index in [1.807, 2.05) is 40.8 Å². The molecule has 94 valence electrons. The van der Waals surface area contributed by atoms with Crippen LogP contribution in [0.2, 0.25) is 0 Å². The molecule has 0 aliphatic heterocycles. The van der Waals surface area contributed by atoms with Gasteiger partial charge in [0.2, 0.25) is 0 Å². The Morgan fingerprint density at radius 2 is 2.18 bits per heavy atom. The van der Waals surface area contributed by atoms with E-state index in [1.54, 1.807) is 0 Å². The highest BCUT2D eigenvalue weighted by Gasteiger charge is 1.99. The molecule has 2 N–H and O–H groups in total. The van der Waals surface area contributed by atoms with Crippen LogP contribution in [0.5, 0.6) is 5.75 Å². The van der Waals surface area contributed by atoms with Gasteiger partial charge >= 0.3 is 0 Å². The van der Waals surface area contributed by atoms with Crippen molar-refractivity contribution in [2.45, 2.75) is 25.7 Å². The summed E-state index contributed by atoms with van der Waals surface area (Å²) in [7, 11) is 0. The number of aryl methyl sites for hydroxylation is 1. The van der Waals surface area contributed by atoms with Crippen LogP contribution in [0.25, 0.3) is 0 Å². The van der Waals surface area contributed by atoms with E-state index >= 15 is 0 Å².